The van der Waals surface area contributed by atoms with Gasteiger partial charge in [-0.25, -0.2) is 0 Å². The van der Waals surface area contributed by atoms with Gasteiger partial charge in [-0.3, -0.25) is 0 Å². The maximum absolute atomic E-state index is 5.76. The first-order chi connectivity index (χ1) is 8.26. The van der Waals surface area contributed by atoms with Gasteiger partial charge >= 0.3 is 0 Å². The first-order valence-electron chi connectivity index (χ1n) is 6.23. The summed E-state index contributed by atoms with van der Waals surface area (Å²) in [5.41, 5.74) is 9.57. The zero-order valence-corrected chi connectivity index (χ0v) is 10.9. The van der Waals surface area contributed by atoms with E-state index in [1.54, 1.807) is 14.2 Å². The highest BCUT2D eigenvalue weighted by Crippen LogP contribution is 2.48. The van der Waals surface area contributed by atoms with E-state index in [2.05, 4.69) is 13.0 Å². The van der Waals surface area contributed by atoms with Crippen molar-refractivity contribution in [1.82, 2.24) is 0 Å². The predicted octanol–water partition coefficient (Wildman–Crippen LogP) is 2.25. The highest BCUT2D eigenvalue weighted by molar-refractivity contribution is 5.60. The zero-order chi connectivity index (χ0) is 12.4. The summed E-state index contributed by atoms with van der Waals surface area (Å²) in [6.45, 7) is 2.85. The maximum Gasteiger partial charge on any atom is 0.125 e. The fraction of sp³-hybridized carbons (Fsp3) is 0.571. The van der Waals surface area contributed by atoms with Gasteiger partial charge < -0.3 is 15.2 Å². The number of methoxy groups -OCH3 is 2. The second kappa shape index (κ2) is 4.96. The van der Waals surface area contributed by atoms with Crippen LogP contribution in [-0.4, -0.2) is 20.8 Å². The zero-order valence-electron chi connectivity index (χ0n) is 10.9. The van der Waals surface area contributed by atoms with Crippen LogP contribution >= 0.6 is 0 Å². The molecule has 1 aromatic carbocycles. The van der Waals surface area contributed by atoms with Crippen molar-refractivity contribution in [2.24, 2.45) is 5.73 Å². The van der Waals surface area contributed by atoms with Gasteiger partial charge in [0.15, 0.2) is 0 Å². The molecule has 0 bridgehead atoms. The number of fused-ring (bicyclic) bond motifs is 1. The molecule has 0 saturated heterocycles. The third-order valence-electron chi connectivity index (χ3n) is 3.55. The lowest BCUT2D eigenvalue weighted by molar-refractivity contribution is 0.372. The standard InChI is InChI=1S/C14H21NO2/c1-4-5-9-7-12(16-2)13-10(8-15)6-11(13)14(9)17-3/h7,10H,4-6,8,15H2,1-3H3. The van der Waals surface area contributed by atoms with Crippen molar-refractivity contribution in [2.75, 3.05) is 20.8 Å². The van der Waals surface area contributed by atoms with E-state index in [0.29, 0.717) is 12.5 Å². The quantitative estimate of drug-likeness (QED) is 0.851. The van der Waals surface area contributed by atoms with Crippen LogP contribution in [0.25, 0.3) is 0 Å². The molecule has 1 atom stereocenters. The SMILES string of the molecule is CCCc1cc(OC)c2c(c1OC)CC2CN. The molecule has 1 aliphatic carbocycles. The van der Waals surface area contributed by atoms with Crippen molar-refractivity contribution in [3.8, 4) is 11.5 Å². The summed E-state index contributed by atoms with van der Waals surface area (Å²) >= 11 is 0. The number of rotatable bonds is 5. The van der Waals surface area contributed by atoms with Crippen molar-refractivity contribution in [2.45, 2.75) is 32.1 Å². The number of hydrogen-bond donors (Lipinski definition) is 1. The van der Waals surface area contributed by atoms with E-state index >= 15 is 0 Å². The van der Waals surface area contributed by atoms with Crippen LogP contribution in [0.1, 0.15) is 36.0 Å². The Morgan fingerprint density at radius 1 is 1.35 bits per heavy atom. The van der Waals surface area contributed by atoms with Crippen molar-refractivity contribution in [3.05, 3.63) is 22.8 Å². The smallest absolute Gasteiger partial charge is 0.125 e. The molecular weight excluding hydrogens is 214 g/mol. The van der Waals surface area contributed by atoms with Gasteiger partial charge in [0.05, 0.1) is 14.2 Å². The fourth-order valence-electron chi connectivity index (χ4n) is 2.71. The summed E-state index contributed by atoms with van der Waals surface area (Å²) in [5, 5.41) is 0. The van der Waals surface area contributed by atoms with E-state index < -0.39 is 0 Å². The minimum absolute atomic E-state index is 0.435. The molecule has 3 nitrogen and oxygen atoms in total. The third kappa shape index (κ3) is 1.89. The Balaban J connectivity index is 2.49. The Morgan fingerprint density at radius 3 is 2.65 bits per heavy atom. The molecule has 0 aromatic heterocycles. The molecule has 94 valence electrons. The lowest BCUT2D eigenvalue weighted by Crippen LogP contribution is -2.26. The second-order valence-electron chi connectivity index (χ2n) is 4.55. The Kier molecular flexibility index (Phi) is 3.57. The van der Waals surface area contributed by atoms with E-state index in [1.165, 1.54) is 16.7 Å². The molecular formula is C14H21NO2. The summed E-state index contributed by atoms with van der Waals surface area (Å²) in [7, 11) is 3.47. The molecule has 2 rings (SSSR count). The minimum Gasteiger partial charge on any atom is -0.496 e. The molecule has 0 heterocycles. The molecule has 0 aliphatic heterocycles. The maximum atomic E-state index is 5.76. The van der Waals surface area contributed by atoms with Crippen molar-refractivity contribution < 1.29 is 9.47 Å². The molecule has 1 aliphatic rings. The van der Waals surface area contributed by atoms with E-state index in [1.807, 2.05) is 0 Å². The minimum atomic E-state index is 0.435. The summed E-state index contributed by atoms with van der Waals surface area (Å²) in [5.74, 6) is 2.46. The summed E-state index contributed by atoms with van der Waals surface area (Å²) in [6.07, 6.45) is 3.15. The van der Waals surface area contributed by atoms with Crippen LogP contribution < -0.4 is 15.2 Å². The van der Waals surface area contributed by atoms with Crippen LogP contribution in [0, 0.1) is 0 Å². The molecule has 0 spiro atoms. The molecule has 0 saturated carbocycles. The van der Waals surface area contributed by atoms with E-state index in [4.69, 9.17) is 15.2 Å². The molecule has 3 heteroatoms. The largest absolute Gasteiger partial charge is 0.496 e. The van der Waals surface area contributed by atoms with Gasteiger partial charge in [0, 0.05) is 17.0 Å². The molecule has 2 N–H and O–H groups in total. The summed E-state index contributed by atoms with van der Waals surface area (Å²) in [6, 6.07) is 2.11. The summed E-state index contributed by atoms with van der Waals surface area (Å²) < 4.78 is 11.0. The van der Waals surface area contributed by atoms with Gasteiger partial charge in [0.2, 0.25) is 0 Å². The lowest BCUT2D eigenvalue weighted by atomic mass is 9.75. The van der Waals surface area contributed by atoms with Crippen LogP contribution in [0.4, 0.5) is 0 Å². The number of nitrogens with two attached hydrogens (primary N) is 1. The highest BCUT2D eigenvalue weighted by Gasteiger charge is 2.33. The Morgan fingerprint density at radius 2 is 2.12 bits per heavy atom. The molecule has 0 radical (unpaired) electrons. The highest BCUT2D eigenvalue weighted by atomic mass is 16.5. The first kappa shape index (κ1) is 12.2. The van der Waals surface area contributed by atoms with E-state index in [-0.39, 0.29) is 0 Å². The van der Waals surface area contributed by atoms with Gasteiger partial charge in [-0.1, -0.05) is 13.3 Å². The summed E-state index contributed by atoms with van der Waals surface area (Å²) in [4.78, 5) is 0. The number of ether oxygens (including phenoxy) is 2. The second-order valence-corrected chi connectivity index (χ2v) is 4.55. The molecule has 1 aromatic rings. The topological polar surface area (TPSA) is 44.5 Å². The average molecular weight is 235 g/mol. The first-order valence-corrected chi connectivity index (χ1v) is 6.23. The molecule has 0 fully saturated rings. The van der Waals surface area contributed by atoms with Crippen LogP contribution in [0.3, 0.4) is 0 Å². The van der Waals surface area contributed by atoms with Gasteiger partial charge in [0.1, 0.15) is 11.5 Å². The molecule has 17 heavy (non-hydrogen) atoms. The molecule has 1 unspecified atom stereocenters. The van der Waals surface area contributed by atoms with Gasteiger partial charge in [-0.05, 0) is 31.0 Å². The number of benzene rings is 1. The van der Waals surface area contributed by atoms with Gasteiger partial charge in [-0.15, -0.1) is 0 Å². The Labute approximate surface area is 103 Å². The molecule has 0 amide bonds. The predicted molar refractivity (Wildman–Crippen MR) is 69.0 cm³/mol. The Hall–Kier alpha value is -1.22. The monoisotopic (exact) mass is 235 g/mol. The van der Waals surface area contributed by atoms with Crippen LogP contribution in [0.15, 0.2) is 6.07 Å². The van der Waals surface area contributed by atoms with Crippen LogP contribution in [0.2, 0.25) is 0 Å². The van der Waals surface area contributed by atoms with Crippen molar-refractivity contribution >= 4 is 0 Å². The Bertz CT molecular complexity index is 415. The normalized spacial score (nSPS) is 17.3. The average Bonchev–Trinajstić information content (AvgIpc) is 2.31. The van der Waals surface area contributed by atoms with Crippen molar-refractivity contribution in [3.63, 3.8) is 0 Å². The number of aryl methyl sites for hydroxylation is 1. The van der Waals surface area contributed by atoms with Crippen molar-refractivity contribution in [1.29, 1.82) is 0 Å². The lowest BCUT2D eigenvalue weighted by Gasteiger charge is -2.33. The fourth-order valence-corrected chi connectivity index (χ4v) is 2.71. The number of hydrogen-bond acceptors (Lipinski definition) is 3. The van der Waals surface area contributed by atoms with Crippen LogP contribution in [-0.2, 0) is 12.8 Å². The van der Waals surface area contributed by atoms with E-state index in [9.17, 15) is 0 Å². The van der Waals surface area contributed by atoms with E-state index in [0.717, 1.165) is 30.8 Å². The van der Waals surface area contributed by atoms with Gasteiger partial charge in [-0.2, -0.15) is 0 Å². The third-order valence-corrected chi connectivity index (χ3v) is 3.55. The van der Waals surface area contributed by atoms with Gasteiger partial charge in [0.25, 0.3) is 0 Å². The van der Waals surface area contributed by atoms with Crippen LogP contribution in [0.5, 0.6) is 11.5 Å².